The van der Waals surface area contributed by atoms with Crippen LogP contribution in [0.15, 0.2) is 0 Å². The third-order valence-corrected chi connectivity index (χ3v) is 4.04. The Balaban J connectivity index is 3.28. The van der Waals surface area contributed by atoms with E-state index in [-0.39, 0.29) is 5.91 Å². The van der Waals surface area contributed by atoms with Crippen molar-refractivity contribution >= 4 is 5.91 Å². The fraction of sp³-hybridized carbons (Fsp3) is 0.952. The maximum Gasteiger partial charge on any atom is 0.224 e. The minimum absolute atomic E-state index is 0.134. The Morgan fingerprint density at radius 1 is 0.815 bits per heavy atom. The molecule has 162 valence electrons. The van der Waals surface area contributed by atoms with E-state index in [1.165, 1.54) is 0 Å². The Morgan fingerprint density at radius 2 is 1.26 bits per heavy atom. The van der Waals surface area contributed by atoms with Crippen LogP contribution in [0.3, 0.4) is 0 Å². The van der Waals surface area contributed by atoms with Crippen molar-refractivity contribution in [3.63, 3.8) is 0 Å². The summed E-state index contributed by atoms with van der Waals surface area (Å²) in [5, 5.41) is 0. The van der Waals surface area contributed by atoms with Crippen LogP contribution in [0.2, 0.25) is 0 Å². The van der Waals surface area contributed by atoms with Gasteiger partial charge in [-0.2, -0.15) is 0 Å². The quantitative estimate of drug-likeness (QED) is 0.357. The van der Waals surface area contributed by atoms with Gasteiger partial charge >= 0.3 is 0 Å². The molecule has 6 nitrogen and oxygen atoms in total. The molecule has 0 aliphatic rings. The van der Waals surface area contributed by atoms with Gasteiger partial charge in [-0.15, -0.1) is 0 Å². The lowest BCUT2D eigenvalue weighted by molar-refractivity contribution is -0.131. The first kappa shape index (κ1) is 26.3. The fourth-order valence-electron chi connectivity index (χ4n) is 2.07. The summed E-state index contributed by atoms with van der Waals surface area (Å²) in [7, 11) is 1.85. The number of nitrogens with zero attached hydrogens (tertiary/aromatic N) is 1. The second-order valence-corrected chi connectivity index (χ2v) is 8.51. The number of hydrogen-bond acceptors (Lipinski definition) is 5. The topological polar surface area (TPSA) is 57.2 Å². The van der Waals surface area contributed by atoms with Gasteiger partial charge in [-0.05, 0) is 24.2 Å². The van der Waals surface area contributed by atoms with Gasteiger partial charge in [0.1, 0.15) is 0 Å². The molecule has 0 aromatic carbocycles. The van der Waals surface area contributed by atoms with Crippen LogP contribution in [0.1, 0.15) is 53.9 Å². The van der Waals surface area contributed by atoms with Crippen molar-refractivity contribution in [1.29, 1.82) is 0 Å². The minimum atomic E-state index is 0.134. The molecule has 0 atom stereocenters. The first-order chi connectivity index (χ1) is 12.7. The van der Waals surface area contributed by atoms with E-state index in [2.05, 4.69) is 34.6 Å². The van der Waals surface area contributed by atoms with Crippen molar-refractivity contribution in [1.82, 2.24) is 4.90 Å². The average molecular weight is 390 g/mol. The van der Waals surface area contributed by atoms with Gasteiger partial charge in [-0.3, -0.25) is 4.79 Å². The smallest absolute Gasteiger partial charge is 0.224 e. The Hall–Kier alpha value is -0.690. The summed E-state index contributed by atoms with van der Waals surface area (Å²) in [4.78, 5) is 13.7. The molecule has 0 spiro atoms. The van der Waals surface area contributed by atoms with Gasteiger partial charge in [-0.1, -0.05) is 34.6 Å². The molecule has 0 unspecified atom stereocenters. The lowest BCUT2D eigenvalue weighted by Crippen LogP contribution is -2.29. The van der Waals surface area contributed by atoms with Crippen LogP contribution in [0.4, 0.5) is 0 Å². The van der Waals surface area contributed by atoms with Crippen LogP contribution >= 0.6 is 0 Å². The average Bonchev–Trinajstić information content (AvgIpc) is 2.58. The van der Waals surface area contributed by atoms with Gasteiger partial charge in [0.05, 0.1) is 52.7 Å². The van der Waals surface area contributed by atoms with E-state index < -0.39 is 0 Å². The highest BCUT2D eigenvalue weighted by Crippen LogP contribution is 2.17. The Kier molecular flexibility index (Phi) is 15.9. The molecule has 1 amide bonds. The van der Waals surface area contributed by atoms with Gasteiger partial charge in [0, 0.05) is 20.2 Å². The van der Waals surface area contributed by atoms with Gasteiger partial charge in [-0.25, -0.2) is 0 Å². The zero-order valence-corrected chi connectivity index (χ0v) is 18.6. The van der Waals surface area contributed by atoms with E-state index in [1.54, 1.807) is 4.90 Å². The van der Waals surface area contributed by atoms with Crippen molar-refractivity contribution < 1.29 is 23.7 Å². The number of rotatable bonds is 17. The molecule has 0 N–H and O–H groups in total. The van der Waals surface area contributed by atoms with E-state index in [0.29, 0.717) is 64.0 Å². The fourth-order valence-corrected chi connectivity index (χ4v) is 2.07. The molecule has 0 saturated heterocycles. The molecular weight excluding hydrogens is 346 g/mol. The highest BCUT2D eigenvalue weighted by Gasteiger charge is 2.09. The second-order valence-electron chi connectivity index (χ2n) is 8.51. The van der Waals surface area contributed by atoms with Crippen LogP contribution in [0.25, 0.3) is 0 Å². The van der Waals surface area contributed by atoms with Crippen LogP contribution < -0.4 is 0 Å². The molecule has 0 heterocycles. The number of amides is 1. The normalized spacial score (nSPS) is 12.0. The lowest BCUT2D eigenvalue weighted by Gasteiger charge is -2.18. The molecule has 0 rings (SSSR count). The largest absolute Gasteiger partial charge is 0.379 e. The van der Waals surface area contributed by atoms with Crippen molar-refractivity contribution in [3.8, 4) is 0 Å². The number of carbonyl (C=O) groups is 1. The van der Waals surface area contributed by atoms with E-state index >= 15 is 0 Å². The molecule has 0 saturated carbocycles. The molecule has 6 heteroatoms. The summed E-state index contributed by atoms with van der Waals surface area (Å²) in [6, 6.07) is 0. The SMILES string of the molecule is CC(C)CCN(C)C(=O)CCOCCOCCOCCOCCC(C)(C)C. The van der Waals surface area contributed by atoms with Crippen LogP contribution in [0.5, 0.6) is 0 Å². The molecule has 0 aromatic heterocycles. The maximum atomic E-state index is 11.9. The van der Waals surface area contributed by atoms with Gasteiger partial charge < -0.3 is 23.8 Å². The lowest BCUT2D eigenvalue weighted by atomic mass is 9.93. The Bertz CT molecular complexity index is 355. The summed E-state index contributed by atoms with van der Waals surface area (Å²) in [5.41, 5.74) is 0.313. The maximum absolute atomic E-state index is 11.9. The first-order valence-corrected chi connectivity index (χ1v) is 10.3. The van der Waals surface area contributed by atoms with Gasteiger partial charge in [0.15, 0.2) is 0 Å². The van der Waals surface area contributed by atoms with Gasteiger partial charge in [0.25, 0.3) is 0 Å². The molecule has 0 radical (unpaired) electrons. The summed E-state index contributed by atoms with van der Waals surface area (Å²) in [6.07, 6.45) is 2.50. The monoisotopic (exact) mass is 389 g/mol. The Labute approximate surface area is 166 Å². The van der Waals surface area contributed by atoms with E-state index in [4.69, 9.17) is 18.9 Å². The molecular formula is C21H43NO5. The molecule has 0 fully saturated rings. The molecule has 0 bridgehead atoms. The zero-order valence-electron chi connectivity index (χ0n) is 18.6. The van der Waals surface area contributed by atoms with Gasteiger partial charge in [0.2, 0.25) is 5.91 Å². The Morgan fingerprint density at radius 3 is 1.70 bits per heavy atom. The highest BCUT2D eigenvalue weighted by molar-refractivity contribution is 5.75. The van der Waals surface area contributed by atoms with Crippen LogP contribution in [0, 0.1) is 11.3 Å². The molecule has 0 aliphatic carbocycles. The van der Waals surface area contributed by atoms with E-state index in [0.717, 1.165) is 26.0 Å². The van der Waals surface area contributed by atoms with E-state index in [9.17, 15) is 4.79 Å². The summed E-state index contributed by atoms with van der Waals surface area (Å²) in [6.45, 7) is 16.3. The van der Waals surface area contributed by atoms with Crippen molar-refractivity contribution in [2.24, 2.45) is 11.3 Å². The molecule has 0 aromatic rings. The predicted molar refractivity (Wildman–Crippen MR) is 109 cm³/mol. The van der Waals surface area contributed by atoms with Crippen molar-refractivity contribution in [3.05, 3.63) is 0 Å². The number of hydrogen-bond donors (Lipinski definition) is 0. The number of ether oxygens (including phenoxy) is 4. The summed E-state index contributed by atoms with van der Waals surface area (Å²) < 4.78 is 21.9. The first-order valence-electron chi connectivity index (χ1n) is 10.3. The third-order valence-electron chi connectivity index (χ3n) is 4.04. The van der Waals surface area contributed by atoms with Crippen LogP contribution in [-0.4, -0.2) is 77.3 Å². The third kappa shape index (κ3) is 19.9. The van der Waals surface area contributed by atoms with Crippen molar-refractivity contribution in [2.75, 3.05) is 66.4 Å². The predicted octanol–water partition coefficient (Wildman–Crippen LogP) is 3.38. The minimum Gasteiger partial charge on any atom is -0.379 e. The molecule has 27 heavy (non-hydrogen) atoms. The van der Waals surface area contributed by atoms with Crippen LogP contribution in [-0.2, 0) is 23.7 Å². The summed E-state index contributed by atoms with van der Waals surface area (Å²) >= 11 is 0. The second kappa shape index (κ2) is 16.3. The molecule has 0 aliphatic heterocycles. The van der Waals surface area contributed by atoms with Crippen molar-refractivity contribution in [2.45, 2.75) is 53.9 Å². The zero-order chi connectivity index (χ0) is 20.5. The standard InChI is InChI=1S/C21H43NO5/c1-19(2)7-10-22(6)20(23)8-11-24-13-15-26-17-18-27-16-14-25-12-9-21(3,4)5/h19H,7-18H2,1-6H3. The van der Waals surface area contributed by atoms with E-state index in [1.807, 2.05) is 7.05 Å². The highest BCUT2D eigenvalue weighted by atomic mass is 16.6. The number of carbonyl (C=O) groups excluding carboxylic acids is 1. The summed E-state index contributed by atoms with van der Waals surface area (Å²) in [5.74, 6) is 0.744.